The van der Waals surface area contributed by atoms with Gasteiger partial charge in [0, 0.05) is 0 Å². The third-order valence-corrected chi connectivity index (χ3v) is 2.36. The van der Waals surface area contributed by atoms with Crippen LogP contribution in [0.1, 0.15) is 19.4 Å². The van der Waals surface area contributed by atoms with Crippen molar-refractivity contribution in [3.8, 4) is 5.75 Å². The van der Waals surface area contributed by atoms with Gasteiger partial charge in [0.1, 0.15) is 24.6 Å². The van der Waals surface area contributed by atoms with Gasteiger partial charge in [-0.25, -0.2) is 0 Å². The van der Waals surface area contributed by atoms with Crippen molar-refractivity contribution >= 4 is 5.71 Å². The zero-order valence-corrected chi connectivity index (χ0v) is 10.7. The van der Waals surface area contributed by atoms with Crippen LogP contribution in [0, 0.1) is 6.92 Å². The molecule has 0 aliphatic heterocycles. The van der Waals surface area contributed by atoms with Crippen molar-refractivity contribution in [1.82, 2.24) is 0 Å². The Hall–Kier alpha value is -1.55. The van der Waals surface area contributed by atoms with E-state index in [4.69, 9.17) is 9.94 Å². The maximum Gasteiger partial charge on any atom is 0.148 e. The summed E-state index contributed by atoms with van der Waals surface area (Å²) >= 11 is 0. The largest absolute Gasteiger partial charge is 0.487 e. The third-order valence-electron chi connectivity index (χ3n) is 2.36. The van der Waals surface area contributed by atoms with Crippen molar-refractivity contribution in [2.75, 3.05) is 13.2 Å². The molecular formula is C13H21N2O2+. The van der Waals surface area contributed by atoms with E-state index in [2.05, 4.69) is 24.3 Å². The molecule has 0 amide bonds. The molecule has 0 unspecified atom stereocenters. The molecule has 3 N–H and O–H groups in total. The van der Waals surface area contributed by atoms with Crippen molar-refractivity contribution in [2.45, 2.75) is 26.8 Å². The number of ether oxygens (including phenoxy) is 1. The number of rotatable bonds is 6. The molecule has 0 fully saturated rings. The molecule has 4 nitrogen and oxygen atoms in total. The van der Waals surface area contributed by atoms with Crippen molar-refractivity contribution in [3.05, 3.63) is 29.8 Å². The van der Waals surface area contributed by atoms with E-state index in [-0.39, 0.29) is 0 Å². The SMILES string of the molecule is Cc1cccc(OC/C(C[NH2+]C(C)C)=N\O)c1. The van der Waals surface area contributed by atoms with E-state index < -0.39 is 0 Å². The van der Waals surface area contributed by atoms with E-state index in [9.17, 15) is 0 Å². The molecule has 0 aliphatic rings. The highest BCUT2D eigenvalue weighted by Crippen LogP contribution is 2.11. The highest BCUT2D eigenvalue weighted by molar-refractivity contribution is 5.86. The van der Waals surface area contributed by atoms with Crippen molar-refractivity contribution in [1.29, 1.82) is 0 Å². The number of nitrogens with two attached hydrogens (primary N) is 1. The van der Waals surface area contributed by atoms with Crippen molar-refractivity contribution in [2.24, 2.45) is 5.16 Å². The van der Waals surface area contributed by atoms with Crippen LogP contribution < -0.4 is 10.1 Å². The fourth-order valence-corrected chi connectivity index (χ4v) is 1.37. The second-order valence-corrected chi connectivity index (χ2v) is 4.46. The Bertz CT molecular complexity index is 375. The monoisotopic (exact) mass is 237 g/mol. The summed E-state index contributed by atoms with van der Waals surface area (Å²) in [6, 6.07) is 8.29. The minimum Gasteiger partial charge on any atom is -0.487 e. The lowest BCUT2D eigenvalue weighted by atomic mass is 10.2. The lowest BCUT2D eigenvalue weighted by molar-refractivity contribution is -0.670. The van der Waals surface area contributed by atoms with Crippen molar-refractivity contribution in [3.63, 3.8) is 0 Å². The average molecular weight is 237 g/mol. The molecule has 1 aromatic rings. The second-order valence-electron chi connectivity index (χ2n) is 4.46. The summed E-state index contributed by atoms with van der Waals surface area (Å²) in [5.41, 5.74) is 1.79. The maximum absolute atomic E-state index is 8.86. The standard InChI is InChI=1S/C13H20N2O2/c1-10(2)14-8-12(15-16)9-17-13-6-4-5-11(3)7-13/h4-7,10,14,16H,8-9H2,1-3H3/p+1/b15-12-. The van der Waals surface area contributed by atoms with Gasteiger partial charge in [0.15, 0.2) is 0 Å². The molecule has 0 radical (unpaired) electrons. The van der Waals surface area contributed by atoms with Gasteiger partial charge in [-0.1, -0.05) is 17.3 Å². The zero-order valence-electron chi connectivity index (χ0n) is 10.7. The minimum absolute atomic E-state index is 0.323. The third kappa shape index (κ3) is 5.36. The fourth-order valence-electron chi connectivity index (χ4n) is 1.37. The molecule has 1 aromatic carbocycles. The molecule has 4 heteroatoms. The molecule has 0 saturated heterocycles. The summed E-state index contributed by atoms with van der Waals surface area (Å²) in [7, 11) is 0. The number of oxime groups is 1. The average Bonchev–Trinajstić information content (AvgIpc) is 2.29. The van der Waals surface area contributed by atoms with E-state index in [1.54, 1.807) is 0 Å². The van der Waals surface area contributed by atoms with Gasteiger partial charge in [-0.15, -0.1) is 0 Å². The van der Waals surface area contributed by atoms with Gasteiger partial charge in [0.25, 0.3) is 0 Å². The lowest BCUT2D eigenvalue weighted by Gasteiger charge is -2.09. The van der Waals surface area contributed by atoms with E-state index in [1.165, 1.54) is 0 Å². The first-order valence-electron chi connectivity index (χ1n) is 5.84. The fraction of sp³-hybridized carbons (Fsp3) is 0.462. The summed E-state index contributed by atoms with van der Waals surface area (Å²) in [6.07, 6.45) is 0. The van der Waals surface area contributed by atoms with Crippen molar-refractivity contribution < 1.29 is 15.3 Å². The molecule has 0 aromatic heterocycles. The summed E-state index contributed by atoms with van der Waals surface area (Å²) in [5.74, 6) is 0.802. The Balaban J connectivity index is 2.43. The van der Waals surface area contributed by atoms with Crippen LogP contribution in [0.25, 0.3) is 0 Å². The van der Waals surface area contributed by atoms with Gasteiger partial charge in [0.2, 0.25) is 0 Å². The summed E-state index contributed by atoms with van der Waals surface area (Å²) in [5, 5.41) is 14.2. The zero-order chi connectivity index (χ0) is 12.7. The number of aryl methyl sites for hydroxylation is 1. The highest BCUT2D eigenvalue weighted by Gasteiger charge is 2.06. The molecule has 1 rings (SSSR count). The Kier molecular flexibility index (Phi) is 5.49. The molecule has 17 heavy (non-hydrogen) atoms. The summed E-state index contributed by atoms with van der Waals surface area (Å²) in [6.45, 7) is 7.18. The number of quaternary nitrogens is 1. The predicted molar refractivity (Wildman–Crippen MR) is 67.8 cm³/mol. The van der Waals surface area contributed by atoms with Crippen LogP contribution in [0.5, 0.6) is 5.75 Å². The molecule has 0 heterocycles. The number of nitrogens with zero attached hydrogens (tertiary/aromatic N) is 1. The molecular weight excluding hydrogens is 216 g/mol. The van der Waals surface area contributed by atoms with Gasteiger partial charge < -0.3 is 15.3 Å². The van der Waals surface area contributed by atoms with Crippen LogP contribution in [0.15, 0.2) is 29.4 Å². The van der Waals surface area contributed by atoms with Crippen LogP contribution >= 0.6 is 0 Å². The van der Waals surface area contributed by atoms with Crippen LogP contribution in [0.3, 0.4) is 0 Å². The van der Waals surface area contributed by atoms with Crippen LogP contribution in [0.4, 0.5) is 0 Å². The van der Waals surface area contributed by atoms with Crippen LogP contribution in [0.2, 0.25) is 0 Å². The quantitative estimate of drug-likeness (QED) is 0.443. The Morgan fingerprint density at radius 1 is 1.47 bits per heavy atom. The smallest absolute Gasteiger partial charge is 0.148 e. The number of benzene rings is 1. The van der Waals surface area contributed by atoms with E-state index in [1.807, 2.05) is 31.2 Å². The maximum atomic E-state index is 8.86. The van der Waals surface area contributed by atoms with Gasteiger partial charge in [-0.3, -0.25) is 0 Å². The Labute approximate surface area is 102 Å². The lowest BCUT2D eigenvalue weighted by Crippen LogP contribution is -2.90. The number of hydrogen-bond acceptors (Lipinski definition) is 3. The minimum atomic E-state index is 0.323. The van der Waals surface area contributed by atoms with Gasteiger partial charge in [-0.2, -0.15) is 0 Å². The van der Waals surface area contributed by atoms with Gasteiger partial charge >= 0.3 is 0 Å². The predicted octanol–water partition coefficient (Wildman–Crippen LogP) is 1.18. The normalized spacial score (nSPS) is 11.9. The molecule has 0 bridgehead atoms. The summed E-state index contributed by atoms with van der Waals surface area (Å²) in [4.78, 5) is 0. The Morgan fingerprint density at radius 2 is 2.24 bits per heavy atom. The first-order valence-corrected chi connectivity index (χ1v) is 5.84. The summed E-state index contributed by atoms with van der Waals surface area (Å²) < 4.78 is 5.56. The second kappa shape index (κ2) is 6.91. The van der Waals surface area contributed by atoms with E-state index >= 15 is 0 Å². The van der Waals surface area contributed by atoms with Gasteiger partial charge in [0.05, 0.1) is 6.04 Å². The molecule has 0 atom stereocenters. The molecule has 0 spiro atoms. The topological polar surface area (TPSA) is 58.4 Å². The first kappa shape index (κ1) is 13.5. The van der Waals surface area contributed by atoms with E-state index in [0.717, 1.165) is 11.3 Å². The van der Waals surface area contributed by atoms with Crippen LogP contribution in [-0.4, -0.2) is 30.1 Å². The molecule has 0 saturated carbocycles. The first-order chi connectivity index (χ1) is 8.11. The van der Waals surface area contributed by atoms with Gasteiger partial charge in [-0.05, 0) is 38.5 Å². The molecule has 94 valence electrons. The van der Waals surface area contributed by atoms with E-state index in [0.29, 0.717) is 24.9 Å². The Morgan fingerprint density at radius 3 is 2.82 bits per heavy atom. The molecule has 0 aliphatic carbocycles. The van der Waals surface area contributed by atoms with Crippen LogP contribution in [-0.2, 0) is 0 Å². The number of hydrogen-bond donors (Lipinski definition) is 2. The highest BCUT2D eigenvalue weighted by atomic mass is 16.5.